The Labute approximate surface area is 121 Å². The minimum absolute atomic E-state index is 0.0835. The van der Waals surface area contributed by atoms with Crippen LogP contribution in [0.4, 0.5) is 0 Å². The summed E-state index contributed by atoms with van der Waals surface area (Å²) in [7, 11) is 0. The molecule has 4 heteroatoms. The Hall–Kier alpha value is -0.940. The molecule has 0 amide bonds. The molecular formula is C16H26N2O2. The van der Waals surface area contributed by atoms with E-state index in [9.17, 15) is 5.11 Å². The van der Waals surface area contributed by atoms with Crippen LogP contribution in [0.25, 0.3) is 0 Å². The maximum Gasteiger partial charge on any atom is 0.0914 e. The Morgan fingerprint density at radius 2 is 1.90 bits per heavy atom. The van der Waals surface area contributed by atoms with Crippen LogP contribution in [-0.4, -0.2) is 54.9 Å². The zero-order valence-electron chi connectivity index (χ0n) is 12.5. The molecule has 1 aromatic carbocycles. The molecule has 1 aliphatic rings. The zero-order valence-corrected chi connectivity index (χ0v) is 12.5. The van der Waals surface area contributed by atoms with Crippen molar-refractivity contribution in [3.8, 4) is 0 Å². The van der Waals surface area contributed by atoms with E-state index in [0.29, 0.717) is 6.54 Å². The molecule has 0 saturated carbocycles. The molecule has 0 radical (unpaired) electrons. The summed E-state index contributed by atoms with van der Waals surface area (Å²) in [5.74, 6) is 0. The molecule has 0 aromatic heterocycles. The summed E-state index contributed by atoms with van der Waals surface area (Å²) in [4.78, 5) is 2.44. The van der Waals surface area contributed by atoms with Crippen LogP contribution in [0.5, 0.6) is 0 Å². The van der Waals surface area contributed by atoms with Gasteiger partial charge >= 0.3 is 0 Å². The van der Waals surface area contributed by atoms with Crippen LogP contribution in [-0.2, 0) is 4.74 Å². The summed E-state index contributed by atoms with van der Waals surface area (Å²) in [6, 6.07) is 9.79. The molecule has 1 aliphatic heterocycles. The van der Waals surface area contributed by atoms with Crippen molar-refractivity contribution in [2.75, 3.05) is 39.4 Å². The van der Waals surface area contributed by atoms with Crippen LogP contribution in [0, 0.1) is 0 Å². The average molecular weight is 278 g/mol. The van der Waals surface area contributed by atoms with Crippen molar-refractivity contribution in [3.63, 3.8) is 0 Å². The largest absolute Gasteiger partial charge is 0.387 e. The lowest BCUT2D eigenvalue weighted by Crippen LogP contribution is -2.55. The predicted molar refractivity (Wildman–Crippen MR) is 80.7 cm³/mol. The summed E-state index contributed by atoms with van der Waals surface area (Å²) in [6.07, 6.45) is -0.448. The van der Waals surface area contributed by atoms with E-state index >= 15 is 0 Å². The Balaban J connectivity index is 1.77. The van der Waals surface area contributed by atoms with Crippen molar-refractivity contribution in [2.24, 2.45) is 0 Å². The maximum atomic E-state index is 10.1. The van der Waals surface area contributed by atoms with Crippen LogP contribution in [0.15, 0.2) is 30.3 Å². The first kappa shape index (κ1) is 15.4. The second-order valence-corrected chi connectivity index (χ2v) is 5.97. The van der Waals surface area contributed by atoms with Gasteiger partial charge in [0.05, 0.1) is 19.3 Å². The van der Waals surface area contributed by atoms with Crippen LogP contribution < -0.4 is 5.32 Å². The Kier molecular flexibility index (Phi) is 5.54. The number of benzene rings is 1. The van der Waals surface area contributed by atoms with Gasteiger partial charge in [-0.1, -0.05) is 30.3 Å². The van der Waals surface area contributed by atoms with Crippen LogP contribution in [0.2, 0.25) is 0 Å². The lowest BCUT2D eigenvalue weighted by molar-refractivity contribution is -0.0103. The van der Waals surface area contributed by atoms with Gasteiger partial charge < -0.3 is 15.2 Å². The van der Waals surface area contributed by atoms with E-state index in [1.807, 2.05) is 30.3 Å². The highest BCUT2D eigenvalue weighted by atomic mass is 16.5. The first-order valence-corrected chi connectivity index (χ1v) is 7.36. The number of rotatable bonds is 6. The second-order valence-electron chi connectivity index (χ2n) is 5.97. The molecule has 2 rings (SSSR count). The zero-order chi connectivity index (χ0) is 14.4. The van der Waals surface area contributed by atoms with Gasteiger partial charge in [0.2, 0.25) is 0 Å². The average Bonchev–Trinajstić information content (AvgIpc) is 2.49. The minimum atomic E-state index is -0.448. The normalized spacial score (nSPS) is 18.9. The van der Waals surface area contributed by atoms with Gasteiger partial charge in [0.1, 0.15) is 0 Å². The molecule has 0 unspecified atom stereocenters. The maximum absolute atomic E-state index is 10.1. The van der Waals surface area contributed by atoms with E-state index in [4.69, 9.17) is 4.74 Å². The minimum Gasteiger partial charge on any atom is -0.387 e. The topological polar surface area (TPSA) is 44.7 Å². The van der Waals surface area contributed by atoms with Gasteiger partial charge in [-0.3, -0.25) is 4.90 Å². The highest BCUT2D eigenvalue weighted by Gasteiger charge is 2.27. The molecule has 0 bridgehead atoms. The summed E-state index contributed by atoms with van der Waals surface area (Å²) >= 11 is 0. The predicted octanol–water partition coefficient (Wildman–Crippen LogP) is 1.42. The van der Waals surface area contributed by atoms with E-state index in [1.54, 1.807) is 0 Å². The number of nitrogens with zero attached hydrogens (tertiary/aromatic N) is 1. The quantitative estimate of drug-likeness (QED) is 0.826. The third-order valence-corrected chi connectivity index (χ3v) is 3.95. The van der Waals surface area contributed by atoms with E-state index in [1.165, 1.54) is 0 Å². The van der Waals surface area contributed by atoms with Gasteiger partial charge in [-0.2, -0.15) is 0 Å². The number of aliphatic hydroxyl groups is 1. The van der Waals surface area contributed by atoms with Crippen molar-refractivity contribution in [1.29, 1.82) is 0 Å². The van der Waals surface area contributed by atoms with Crippen molar-refractivity contribution < 1.29 is 9.84 Å². The molecule has 1 saturated heterocycles. The fourth-order valence-corrected chi connectivity index (χ4v) is 2.59. The number of ether oxygens (including phenoxy) is 1. The number of aliphatic hydroxyl groups excluding tert-OH is 1. The molecule has 1 heterocycles. The molecule has 0 spiro atoms. The first-order valence-electron chi connectivity index (χ1n) is 7.36. The van der Waals surface area contributed by atoms with Crippen molar-refractivity contribution >= 4 is 0 Å². The van der Waals surface area contributed by atoms with Gasteiger partial charge in [0, 0.05) is 31.7 Å². The molecule has 1 fully saturated rings. The van der Waals surface area contributed by atoms with E-state index in [0.717, 1.165) is 38.4 Å². The molecular weight excluding hydrogens is 252 g/mol. The summed E-state index contributed by atoms with van der Waals surface area (Å²) in [5.41, 5.74) is 1.05. The molecule has 112 valence electrons. The van der Waals surface area contributed by atoms with Crippen LogP contribution in [0.1, 0.15) is 25.5 Å². The van der Waals surface area contributed by atoms with Gasteiger partial charge in [-0.25, -0.2) is 0 Å². The highest BCUT2D eigenvalue weighted by molar-refractivity contribution is 5.17. The van der Waals surface area contributed by atoms with Crippen molar-refractivity contribution in [3.05, 3.63) is 35.9 Å². The SMILES string of the molecule is CC(C)(CNC[C@H](O)c1ccccc1)N1CCOCC1. The Morgan fingerprint density at radius 3 is 2.55 bits per heavy atom. The lowest BCUT2D eigenvalue weighted by Gasteiger charge is -2.41. The Morgan fingerprint density at radius 1 is 1.25 bits per heavy atom. The lowest BCUT2D eigenvalue weighted by atomic mass is 10.0. The number of hydrogen-bond acceptors (Lipinski definition) is 4. The molecule has 1 aromatic rings. The Bertz CT molecular complexity index is 389. The van der Waals surface area contributed by atoms with Crippen molar-refractivity contribution in [2.45, 2.75) is 25.5 Å². The number of hydrogen-bond donors (Lipinski definition) is 2. The fraction of sp³-hybridized carbons (Fsp3) is 0.625. The first-order chi connectivity index (χ1) is 9.59. The molecule has 2 N–H and O–H groups in total. The van der Waals surface area contributed by atoms with E-state index in [2.05, 4.69) is 24.1 Å². The van der Waals surface area contributed by atoms with E-state index in [-0.39, 0.29) is 5.54 Å². The fourth-order valence-electron chi connectivity index (χ4n) is 2.59. The second kappa shape index (κ2) is 7.18. The monoisotopic (exact) mass is 278 g/mol. The highest BCUT2D eigenvalue weighted by Crippen LogP contribution is 2.16. The molecule has 0 aliphatic carbocycles. The third kappa shape index (κ3) is 4.28. The van der Waals surface area contributed by atoms with Crippen molar-refractivity contribution in [1.82, 2.24) is 10.2 Å². The van der Waals surface area contributed by atoms with E-state index < -0.39 is 6.10 Å². The molecule has 4 nitrogen and oxygen atoms in total. The van der Waals surface area contributed by atoms with Gasteiger partial charge in [0.15, 0.2) is 0 Å². The third-order valence-electron chi connectivity index (χ3n) is 3.95. The summed E-state index contributed by atoms with van der Waals surface area (Å²) < 4.78 is 5.39. The summed E-state index contributed by atoms with van der Waals surface area (Å²) in [6.45, 7) is 9.51. The van der Waals surface area contributed by atoms with Gasteiger partial charge in [0.25, 0.3) is 0 Å². The number of morpholine rings is 1. The van der Waals surface area contributed by atoms with Crippen LogP contribution >= 0.6 is 0 Å². The standard InChI is InChI=1S/C16H26N2O2/c1-16(2,18-8-10-20-11-9-18)13-17-12-15(19)14-6-4-3-5-7-14/h3-7,15,17,19H,8-13H2,1-2H3/t15-/m0/s1. The molecule has 1 atom stereocenters. The van der Waals surface area contributed by atoms with Crippen LogP contribution in [0.3, 0.4) is 0 Å². The smallest absolute Gasteiger partial charge is 0.0914 e. The van der Waals surface area contributed by atoms with Gasteiger partial charge in [-0.15, -0.1) is 0 Å². The number of nitrogens with one attached hydrogen (secondary N) is 1. The molecule has 20 heavy (non-hydrogen) atoms. The van der Waals surface area contributed by atoms with Gasteiger partial charge in [-0.05, 0) is 19.4 Å². The summed E-state index contributed by atoms with van der Waals surface area (Å²) in [5, 5.41) is 13.5.